The molecule has 3 rings (SSSR count). The van der Waals surface area contributed by atoms with Crippen LogP contribution in [0.5, 0.6) is 5.75 Å². The summed E-state index contributed by atoms with van der Waals surface area (Å²) in [6, 6.07) is 5.73. The zero-order chi connectivity index (χ0) is 15.0. The van der Waals surface area contributed by atoms with Crippen molar-refractivity contribution in [3.8, 4) is 5.75 Å². The molecular weight excluding hydrogens is 291 g/mol. The Hall–Kier alpha value is -1.33. The standard InChI is InChI=1S/C14H19N2O4P/c1-16(11-2-3-11)7-6-10-9-15-14-5-4-12(8-13(10)14)20-21(17,18)19/h4-5,8-9,11,15H,2-3,6-7H2,1H3,(H2,17,18,19). The van der Waals surface area contributed by atoms with Crippen LogP contribution >= 0.6 is 7.82 Å². The van der Waals surface area contributed by atoms with Crippen molar-refractivity contribution in [2.24, 2.45) is 0 Å². The van der Waals surface area contributed by atoms with Gasteiger partial charge in [0.1, 0.15) is 5.75 Å². The van der Waals surface area contributed by atoms with E-state index in [4.69, 9.17) is 9.79 Å². The van der Waals surface area contributed by atoms with Crippen molar-refractivity contribution in [1.29, 1.82) is 0 Å². The lowest BCUT2D eigenvalue weighted by atomic mass is 10.1. The highest BCUT2D eigenvalue weighted by Crippen LogP contribution is 2.38. The van der Waals surface area contributed by atoms with Crippen LogP contribution in [0.25, 0.3) is 10.9 Å². The fourth-order valence-electron chi connectivity index (χ4n) is 2.55. The van der Waals surface area contributed by atoms with E-state index in [1.807, 2.05) is 6.20 Å². The number of aromatic nitrogens is 1. The first-order valence-electron chi connectivity index (χ1n) is 6.98. The number of nitrogens with zero attached hydrogens (tertiary/aromatic N) is 1. The predicted octanol–water partition coefficient (Wildman–Crippen LogP) is 2.28. The highest BCUT2D eigenvalue weighted by Gasteiger charge is 2.25. The minimum absolute atomic E-state index is 0.187. The van der Waals surface area contributed by atoms with E-state index in [-0.39, 0.29) is 5.75 Å². The Kier molecular flexibility index (Phi) is 3.80. The maximum absolute atomic E-state index is 10.9. The summed E-state index contributed by atoms with van der Waals surface area (Å²) < 4.78 is 15.6. The molecule has 21 heavy (non-hydrogen) atoms. The van der Waals surface area contributed by atoms with E-state index in [1.165, 1.54) is 12.8 Å². The highest BCUT2D eigenvalue weighted by atomic mass is 31.2. The lowest BCUT2D eigenvalue weighted by Gasteiger charge is -2.14. The van der Waals surface area contributed by atoms with E-state index in [0.29, 0.717) is 0 Å². The normalized spacial score (nSPS) is 15.8. The molecule has 0 amide bonds. The van der Waals surface area contributed by atoms with Gasteiger partial charge >= 0.3 is 7.82 Å². The van der Waals surface area contributed by atoms with Gasteiger partial charge in [0.2, 0.25) is 0 Å². The molecule has 0 unspecified atom stereocenters. The van der Waals surface area contributed by atoms with Gasteiger partial charge < -0.3 is 14.4 Å². The van der Waals surface area contributed by atoms with E-state index in [0.717, 1.165) is 35.5 Å². The van der Waals surface area contributed by atoms with E-state index < -0.39 is 7.82 Å². The maximum Gasteiger partial charge on any atom is 0.524 e. The van der Waals surface area contributed by atoms with E-state index in [9.17, 15) is 4.57 Å². The summed E-state index contributed by atoms with van der Waals surface area (Å²) in [5, 5.41) is 0.949. The summed E-state index contributed by atoms with van der Waals surface area (Å²) in [5.41, 5.74) is 2.07. The van der Waals surface area contributed by atoms with Crippen molar-refractivity contribution in [1.82, 2.24) is 9.88 Å². The molecule has 0 saturated heterocycles. The van der Waals surface area contributed by atoms with Crippen molar-refractivity contribution in [2.45, 2.75) is 25.3 Å². The van der Waals surface area contributed by atoms with E-state index >= 15 is 0 Å². The number of hydrogen-bond acceptors (Lipinski definition) is 3. The number of phosphoric ester groups is 1. The number of likely N-dealkylation sites (N-methyl/N-ethyl adjacent to an activating group) is 1. The Labute approximate surface area is 123 Å². The van der Waals surface area contributed by atoms with E-state index in [1.54, 1.807) is 18.2 Å². The van der Waals surface area contributed by atoms with Gasteiger partial charge in [0.05, 0.1) is 0 Å². The number of benzene rings is 1. The molecule has 7 heteroatoms. The Morgan fingerprint density at radius 2 is 2.19 bits per heavy atom. The molecule has 1 aliphatic carbocycles. The molecule has 0 radical (unpaired) electrons. The smallest absolute Gasteiger partial charge is 0.404 e. The van der Waals surface area contributed by atoms with Crippen LogP contribution in [-0.4, -0.2) is 39.3 Å². The van der Waals surface area contributed by atoms with Gasteiger partial charge in [0.25, 0.3) is 0 Å². The van der Waals surface area contributed by atoms with Crippen LogP contribution < -0.4 is 4.52 Å². The molecule has 0 bridgehead atoms. The van der Waals surface area contributed by atoms with Crippen molar-refractivity contribution in [3.05, 3.63) is 30.0 Å². The minimum atomic E-state index is -4.52. The highest BCUT2D eigenvalue weighted by molar-refractivity contribution is 7.46. The van der Waals surface area contributed by atoms with Crippen LogP contribution in [0.3, 0.4) is 0 Å². The second kappa shape index (κ2) is 5.46. The molecule has 1 aromatic carbocycles. The van der Waals surface area contributed by atoms with Crippen LogP contribution in [0.15, 0.2) is 24.4 Å². The predicted molar refractivity (Wildman–Crippen MR) is 80.3 cm³/mol. The number of hydrogen-bond donors (Lipinski definition) is 3. The Morgan fingerprint density at radius 1 is 1.43 bits per heavy atom. The van der Waals surface area contributed by atoms with Gasteiger partial charge in [-0.15, -0.1) is 0 Å². The number of phosphoric acid groups is 1. The second-order valence-corrected chi connectivity index (χ2v) is 6.73. The number of fused-ring (bicyclic) bond motifs is 1. The summed E-state index contributed by atoms with van der Waals surface area (Å²) in [7, 11) is -2.38. The fraction of sp³-hybridized carbons (Fsp3) is 0.429. The molecular formula is C14H19N2O4P. The summed E-state index contributed by atoms with van der Waals surface area (Å²) in [6.45, 7) is 0.973. The van der Waals surface area contributed by atoms with Crippen molar-refractivity contribution in [2.75, 3.05) is 13.6 Å². The Bertz CT molecular complexity index is 689. The molecule has 0 atom stereocenters. The number of nitrogens with one attached hydrogen (secondary N) is 1. The number of rotatable bonds is 6. The summed E-state index contributed by atoms with van der Waals surface area (Å²) in [6.07, 6.45) is 5.41. The first-order valence-corrected chi connectivity index (χ1v) is 8.51. The van der Waals surface area contributed by atoms with Gasteiger partial charge in [-0.1, -0.05) is 0 Å². The first-order chi connectivity index (χ1) is 9.92. The molecule has 3 N–H and O–H groups in total. The van der Waals surface area contributed by atoms with Gasteiger partial charge in [-0.3, -0.25) is 9.79 Å². The Balaban J connectivity index is 1.78. The van der Waals surface area contributed by atoms with Crippen molar-refractivity contribution >= 4 is 18.7 Å². The maximum atomic E-state index is 10.9. The molecule has 1 aliphatic rings. The Morgan fingerprint density at radius 3 is 2.86 bits per heavy atom. The summed E-state index contributed by atoms with van der Waals surface area (Å²) in [5.74, 6) is 0.187. The zero-order valence-electron chi connectivity index (χ0n) is 11.8. The van der Waals surface area contributed by atoms with Crippen LogP contribution in [-0.2, 0) is 11.0 Å². The molecule has 1 fully saturated rings. The SMILES string of the molecule is CN(CCc1c[nH]c2ccc(OP(=O)(O)O)cc12)C1CC1. The van der Waals surface area contributed by atoms with Crippen molar-refractivity contribution < 1.29 is 18.9 Å². The molecule has 2 aromatic rings. The molecule has 114 valence electrons. The molecule has 1 aromatic heterocycles. The third-order valence-electron chi connectivity index (χ3n) is 3.87. The molecule has 0 aliphatic heterocycles. The van der Waals surface area contributed by atoms with Gasteiger partial charge in [0.15, 0.2) is 0 Å². The quantitative estimate of drug-likeness (QED) is 0.713. The third-order valence-corrected chi connectivity index (χ3v) is 4.32. The van der Waals surface area contributed by atoms with E-state index in [2.05, 4.69) is 21.5 Å². The average Bonchev–Trinajstić information content (AvgIpc) is 3.16. The second-order valence-electron chi connectivity index (χ2n) is 5.56. The molecule has 1 heterocycles. The van der Waals surface area contributed by atoms with Crippen LogP contribution in [0.1, 0.15) is 18.4 Å². The van der Waals surface area contributed by atoms with Crippen LogP contribution in [0.4, 0.5) is 0 Å². The lowest BCUT2D eigenvalue weighted by Crippen LogP contribution is -2.23. The molecule has 0 spiro atoms. The van der Waals surface area contributed by atoms with Gasteiger partial charge in [-0.05, 0) is 50.1 Å². The lowest BCUT2D eigenvalue weighted by molar-refractivity contribution is 0.283. The minimum Gasteiger partial charge on any atom is -0.404 e. The third kappa shape index (κ3) is 3.66. The zero-order valence-corrected chi connectivity index (χ0v) is 12.7. The monoisotopic (exact) mass is 310 g/mol. The van der Waals surface area contributed by atoms with Gasteiger partial charge in [-0.25, -0.2) is 4.57 Å². The largest absolute Gasteiger partial charge is 0.524 e. The number of H-pyrrole nitrogens is 1. The number of aromatic amines is 1. The van der Waals surface area contributed by atoms with Gasteiger partial charge in [-0.2, -0.15) is 0 Å². The van der Waals surface area contributed by atoms with Crippen molar-refractivity contribution in [3.63, 3.8) is 0 Å². The van der Waals surface area contributed by atoms with Gasteiger partial charge in [0, 0.05) is 29.7 Å². The van der Waals surface area contributed by atoms with Crippen LogP contribution in [0.2, 0.25) is 0 Å². The molecule has 1 saturated carbocycles. The average molecular weight is 310 g/mol. The summed E-state index contributed by atoms with van der Waals surface area (Å²) >= 11 is 0. The first kappa shape index (κ1) is 14.6. The molecule has 6 nitrogen and oxygen atoms in total. The summed E-state index contributed by atoms with van der Waals surface area (Å²) in [4.78, 5) is 23.3. The topological polar surface area (TPSA) is 85.8 Å². The van der Waals surface area contributed by atoms with Crippen LogP contribution in [0, 0.1) is 0 Å². The fourth-order valence-corrected chi connectivity index (χ4v) is 2.94.